The maximum Gasteiger partial charge on any atom is 0.355 e. The number of hydrogen-bond donors (Lipinski definition) is 1. The summed E-state index contributed by atoms with van der Waals surface area (Å²) >= 11 is 1.11. The summed E-state index contributed by atoms with van der Waals surface area (Å²) in [5, 5.41) is 10.5. The van der Waals surface area contributed by atoms with E-state index < -0.39 is 5.97 Å². The minimum atomic E-state index is -1.09. The summed E-state index contributed by atoms with van der Waals surface area (Å²) in [7, 11) is 0. The molecule has 0 saturated carbocycles. The maximum absolute atomic E-state index is 12.2. The number of piperidine rings is 1. The van der Waals surface area contributed by atoms with Crippen molar-refractivity contribution in [2.45, 2.75) is 26.2 Å². The molecule has 1 N–H and O–H groups in total. The fourth-order valence-electron chi connectivity index (χ4n) is 2.19. The van der Waals surface area contributed by atoms with Crippen molar-refractivity contribution >= 4 is 23.2 Å². The molecule has 2 heterocycles. The van der Waals surface area contributed by atoms with Crippen LogP contribution in [-0.4, -0.2) is 40.0 Å². The zero-order chi connectivity index (χ0) is 13.1. The number of carboxylic acids is 1. The number of carboxylic acid groups (broad SMARTS) is 1. The summed E-state index contributed by atoms with van der Waals surface area (Å²) in [5.74, 6) is -0.664. The second kappa shape index (κ2) is 5.48. The summed E-state index contributed by atoms with van der Waals surface area (Å²) < 4.78 is 0. The van der Waals surface area contributed by atoms with Crippen LogP contribution in [-0.2, 0) is 0 Å². The van der Waals surface area contributed by atoms with Gasteiger partial charge in [0.15, 0.2) is 10.7 Å². The summed E-state index contributed by atoms with van der Waals surface area (Å²) in [6.07, 6.45) is 3.25. The molecular formula is C12H16N2O3S. The van der Waals surface area contributed by atoms with Crippen LogP contribution >= 0.6 is 11.3 Å². The van der Waals surface area contributed by atoms with Crippen LogP contribution in [0.2, 0.25) is 0 Å². The first-order valence-electron chi connectivity index (χ1n) is 6.10. The molecule has 1 amide bonds. The van der Waals surface area contributed by atoms with Gasteiger partial charge in [-0.15, -0.1) is 11.3 Å². The Hall–Kier alpha value is -1.43. The molecule has 1 aromatic heterocycles. The number of amides is 1. The first kappa shape index (κ1) is 13.0. The summed E-state index contributed by atoms with van der Waals surface area (Å²) in [6.45, 7) is 3.64. The predicted molar refractivity (Wildman–Crippen MR) is 68.0 cm³/mol. The zero-order valence-electron chi connectivity index (χ0n) is 10.3. The van der Waals surface area contributed by atoms with Crippen LogP contribution in [0.4, 0.5) is 0 Å². The highest BCUT2D eigenvalue weighted by Crippen LogP contribution is 2.22. The van der Waals surface area contributed by atoms with Crippen molar-refractivity contribution in [2.24, 2.45) is 5.92 Å². The molecule has 1 unspecified atom stereocenters. The lowest BCUT2D eigenvalue weighted by Gasteiger charge is -2.31. The third-order valence-corrected chi connectivity index (χ3v) is 4.12. The van der Waals surface area contributed by atoms with Crippen molar-refractivity contribution in [1.82, 2.24) is 9.88 Å². The van der Waals surface area contributed by atoms with E-state index in [0.717, 1.165) is 37.3 Å². The molecule has 1 atom stereocenters. The topological polar surface area (TPSA) is 70.5 Å². The summed E-state index contributed by atoms with van der Waals surface area (Å²) in [5.41, 5.74) is -0.0487. The Morgan fingerprint density at radius 2 is 2.39 bits per heavy atom. The molecule has 0 aliphatic carbocycles. The minimum Gasteiger partial charge on any atom is -0.476 e. The zero-order valence-corrected chi connectivity index (χ0v) is 11.1. The molecule has 0 radical (unpaired) electrons. The van der Waals surface area contributed by atoms with Crippen molar-refractivity contribution in [2.75, 3.05) is 13.1 Å². The highest BCUT2D eigenvalue weighted by Gasteiger charge is 2.25. The molecule has 2 rings (SSSR count). The lowest BCUT2D eigenvalue weighted by Crippen LogP contribution is -2.39. The second-order valence-corrected chi connectivity index (χ2v) is 5.37. The molecule has 1 aliphatic heterocycles. The van der Waals surface area contributed by atoms with Crippen molar-refractivity contribution in [3.05, 3.63) is 16.1 Å². The standard InChI is InChI=1S/C12H16N2O3S/c1-2-8-4-3-5-14(6-8)11(15)10-13-9(7-18-10)12(16)17/h7-8H,2-6H2,1H3,(H,16,17). The Morgan fingerprint density at radius 1 is 1.61 bits per heavy atom. The van der Waals surface area contributed by atoms with E-state index in [1.807, 2.05) is 0 Å². The van der Waals surface area contributed by atoms with Crippen LogP contribution in [0.3, 0.4) is 0 Å². The normalized spacial score (nSPS) is 19.8. The third kappa shape index (κ3) is 2.69. The van der Waals surface area contributed by atoms with E-state index in [4.69, 9.17) is 5.11 Å². The molecule has 5 nitrogen and oxygen atoms in total. The minimum absolute atomic E-state index is 0.0487. The Balaban J connectivity index is 2.07. The average molecular weight is 268 g/mol. The first-order chi connectivity index (χ1) is 8.61. The highest BCUT2D eigenvalue weighted by atomic mass is 32.1. The molecule has 0 bridgehead atoms. The van der Waals surface area contributed by atoms with Gasteiger partial charge in [-0.05, 0) is 18.8 Å². The van der Waals surface area contributed by atoms with Gasteiger partial charge in [-0.25, -0.2) is 9.78 Å². The fourth-order valence-corrected chi connectivity index (χ4v) is 2.95. The van der Waals surface area contributed by atoms with Gasteiger partial charge in [0.05, 0.1) is 0 Å². The number of thiazole rings is 1. The smallest absolute Gasteiger partial charge is 0.355 e. The van der Waals surface area contributed by atoms with Crippen LogP contribution in [0.15, 0.2) is 5.38 Å². The van der Waals surface area contributed by atoms with Crippen LogP contribution in [0.25, 0.3) is 0 Å². The number of carbonyl (C=O) groups excluding carboxylic acids is 1. The van der Waals surface area contributed by atoms with Gasteiger partial charge in [-0.2, -0.15) is 0 Å². The van der Waals surface area contributed by atoms with E-state index in [1.54, 1.807) is 4.90 Å². The lowest BCUT2D eigenvalue weighted by molar-refractivity contribution is 0.0670. The van der Waals surface area contributed by atoms with Gasteiger partial charge in [0, 0.05) is 18.5 Å². The fraction of sp³-hybridized carbons (Fsp3) is 0.583. The molecule has 6 heteroatoms. The van der Waals surface area contributed by atoms with Crippen molar-refractivity contribution in [3.63, 3.8) is 0 Å². The van der Waals surface area contributed by atoms with Gasteiger partial charge in [-0.3, -0.25) is 4.79 Å². The molecule has 1 aliphatic rings. The van der Waals surface area contributed by atoms with Crippen LogP contribution < -0.4 is 0 Å². The van der Waals surface area contributed by atoms with Gasteiger partial charge in [0.25, 0.3) is 5.91 Å². The molecular weight excluding hydrogens is 252 g/mol. The third-order valence-electron chi connectivity index (χ3n) is 3.29. The van der Waals surface area contributed by atoms with E-state index in [0.29, 0.717) is 5.92 Å². The average Bonchev–Trinajstić information content (AvgIpc) is 2.87. The van der Waals surface area contributed by atoms with Gasteiger partial charge in [0.2, 0.25) is 0 Å². The molecule has 98 valence electrons. The molecule has 1 fully saturated rings. The van der Waals surface area contributed by atoms with E-state index in [2.05, 4.69) is 11.9 Å². The predicted octanol–water partition coefficient (Wildman–Crippen LogP) is 2.10. The Bertz CT molecular complexity index is 458. The number of nitrogens with zero attached hydrogens (tertiary/aromatic N) is 2. The molecule has 0 aromatic carbocycles. The number of aromatic carboxylic acids is 1. The first-order valence-corrected chi connectivity index (χ1v) is 6.98. The molecule has 1 aromatic rings. The number of likely N-dealkylation sites (tertiary alicyclic amines) is 1. The quantitative estimate of drug-likeness (QED) is 0.911. The molecule has 18 heavy (non-hydrogen) atoms. The van der Waals surface area contributed by atoms with Crippen molar-refractivity contribution in [1.29, 1.82) is 0 Å². The number of carbonyl (C=O) groups is 2. The largest absolute Gasteiger partial charge is 0.476 e. The van der Waals surface area contributed by atoms with Crippen molar-refractivity contribution in [3.8, 4) is 0 Å². The van der Waals surface area contributed by atoms with E-state index >= 15 is 0 Å². The van der Waals surface area contributed by atoms with E-state index in [9.17, 15) is 9.59 Å². The summed E-state index contributed by atoms with van der Waals surface area (Å²) in [4.78, 5) is 28.6. The molecule has 0 spiro atoms. The summed E-state index contributed by atoms with van der Waals surface area (Å²) in [6, 6.07) is 0. The van der Waals surface area contributed by atoms with Crippen LogP contribution in [0.1, 0.15) is 46.5 Å². The lowest BCUT2D eigenvalue weighted by atomic mass is 9.96. The van der Waals surface area contributed by atoms with E-state index in [-0.39, 0.29) is 16.6 Å². The number of hydrogen-bond acceptors (Lipinski definition) is 4. The van der Waals surface area contributed by atoms with Crippen LogP contribution in [0, 0.1) is 5.92 Å². The van der Waals surface area contributed by atoms with Crippen molar-refractivity contribution < 1.29 is 14.7 Å². The Labute approximate surface area is 109 Å². The van der Waals surface area contributed by atoms with Gasteiger partial charge in [-0.1, -0.05) is 13.3 Å². The van der Waals surface area contributed by atoms with Gasteiger partial charge >= 0.3 is 5.97 Å². The Morgan fingerprint density at radius 3 is 3.00 bits per heavy atom. The van der Waals surface area contributed by atoms with Gasteiger partial charge in [0.1, 0.15) is 0 Å². The highest BCUT2D eigenvalue weighted by molar-refractivity contribution is 7.11. The molecule has 1 saturated heterocycles. The SMILES string of the molecule is CCC1CCCN(C(=O)c2nc(C(=O)O)cs2)C1. The number of rotatable bonds is 3. The number of aromatic nitrogens is 1. The van der Waals surface area contributed by atoms with Gasteiger partial charge < -0.3 is 10.0 Å². The monoisotopic (exact) mass is 268 g/mol. The maximum atomic E-state index is 12.2. The Kier molecular flexibility index (Phi) is 3.96. The van der Waals surface area contributed by atoms with E-state index in [1.165, 1.54) is 11.8 Å². The second-order valence-electron chi connectivity index (χ2n) is 4.51. The van der Waals surface area contributed by atoms with Crippen LogP contribution in [0.5, 0.6) is 0 Å².